The van der Waals surface area contributed by atoms with Crippen molar-refractivity contribution in [2.45, 2.75) is 33.3 Å². The minimum atomic E-state index is -0.163. The van der Waals surface area contributed by atoms with Crippen LogP contribution in [0.4, 0.5) is 0 Å². The number of carbonyl (C=O) groups is 1. The van der Waals surface area contributed by atoms with Crippen LogP contribution in [0.3, 0.4) is 0 Å². The minimum absolute atomic E-state index is 0.0211. The number of phenols is 1. The van der Waals surface area contributed by atoms with Gasteiger partial charge in [-0.3, -0.25) is 4.79 Å². The maximum Gasteiger partial charge on any atom is 0.163 e. The van der Waals surface area contributed by atoms with Gasteiger partial charge in [-0.1, -0.05) is 61.9 Å². The third-order valence-electron chi connectivity index (χ3n) is 4.98. The molecule has 0 radical (unpaired) electrons. The van der Waals surface area contributed by atoms with E-state index in [1.807, 2.05) is 61.5 Å². The number of ketones is 1. The van der Waals surface area contributed by atoms with Crippen LogP contribution in [0, 0.1) is 11.3 Å². The van der Waals surface area contributed by atoms with Gasteiger partial charge in [0.15, 0.2) is 5.78 Å². The van der Waals surface area contributed by atoms with Gasteiger partial charge in [-0.05, 0) is 54.3 Å². The van der Waals surface area contributed by atoms with Crippen LogP contribution in [0.2, 0.25) is 0 Å². The van der Waals surface area contributed by atoms with Crippen molar-refractivity contribution in [2.24, 2.45) is 0 Å². The Labute approximate surface area is 183 Å². The normalized spacial score (nSPS) is 10.7. The number of Topliss-reactive ketones (excluding diaryl/α,β-unsaturated/α-hetero) is 1. The predicted octanol–water partition coefficient (Wildman–Crippen LogP) is 6.17. The maximum atomic E-state index is 11.7. The Bertz CT molecular complexity index is 1140. The molecule has 0 fully saturated rings. The third-order valence-corrected chi connectivity index (χ3v) is 4.98. The summed E-state index contributed by atoms with van der Waals surface area (Å²) in [6.45, 7) is 3.83. The minimum Gasteiger partial charge on any atom is -0.507 e. The van der Waals surface area contributed by atoms with E-state index in [9.17, 15) is 9.90 Å². The van der Waals surface area contributed by atoms with Gasteiger partial charge in [0.25, 0.3) is 0 Å². The van der Waals surface area contributed by atoms with Crippen molar-refractivity contribution in [3.05, 3.63) is 94.0 Å². The van der Waals surface area contributed by atoms with Crippen LogP contribution in [-0.2, 0) is 13.0 Å². The molecule has 0 aliphatic rings. The van der Waals surface area contributed by atoms with E-state index < -0.39 is 0 Å². The number of benzene rings is 3. The molecule has 0 heterocycles. The van der Waals surface area contributed by atoms with Crippen molar-refractivity contribution in [3.8, 4) is 17.6 Å². The van der Waals surface area contributed by atoms with Crippen molar-refractivity contribution in [1.82, 2.24) is 0 Å². The van der Waals surface area contributed by atoms with Crippen molar-refractivity contribution in [3.63, 3.8) is 0 Å². The molecule has 0 saturated carbocycles. The van der Waals surface area contributed by atoms with Gasteiger partial charge in [0, 0.05) is 5.56 Å². The van der Waals surface area contributed by atoms with E-state index in [1.54, 1.807) is 18.2 Å². The smallest absolute Gasteiger partial charge is 0.163 e. The summed E-state index contributed by atoms with van der Waals surface area (Å²) in [5.41, 5.74) is 4.66. The van der Waals surface area contributed by atoms with Crippen molar-refractivity contribution < 1.29 is 14.6 Å². The number of hydrogen-bond donors (Lipinski definition) is 1. The topological polar surface area (TPSA) is 70.3 Å². The highest BCUT2D eigenvalue weighted by Crippen LogP contribution is 2.33. The van der Waals surface area contributed by atoms with E-state index in [1.165, 1.54) is 6.92 Å². The van der Waals surface area contributed by atoms with E-state index in [2.05, 4.69) is 6.07 Å². The number of carbonyl (C=O) groups excluding carboxylic acids is 1. The molecule has 3 aromatic carbocycles. The molecular formula is C27H25NO3. The van der Waals surface area contributed by atoms with E-state index in [-0.39, 0.29) is 11.5 Å². The van der Waals surface area contributed by atoms with Gasteiger partial charge in [-0.15, -0.1) is 0 Å². The van der Waals surface area contributed by atoms with Crippen LogP contribution in [0.25, 0.3) is 12.2 Å². The fourth-order valence-electron chi connectivity index (χ4n) is 3.32. The Kier molecular flexibility index (Phi) is 7.24. The van der Waals surface area contributed by atoms with Crippen LogP contribution < -0.4 is 4.74 Å². The SMILES string of the molecule is CCCc1c(OCc2ccc(C=Cc3cccc(C#N)c3)cc2)ccc(C(C)=O)c1O. The van der Waals surface area contributed by atoms with Crippen molar-refractivity contribution in [2.75, 3.05) is 0 Å². The maximum absolute atomic E-state index is 11.7. The third kappa shape index (κ3) is 5.61. The Morgan fingerprint density at radius 1 is 1.06 bits per heavy atom. The Balaban J connectivity index is 1.69. The van der Waals surface area contributed by atoms with E-state index in [0.29, 0.717) is 35.5 Å². The molecule has 1 N–H and O–H groups in total. The zero-order chi connectivity index (χ0) is 22.2. The van der Waals surface area contributed by atoms with E-state index in [4.69, 9.17) is 10.00 Å². The van der Waals surface area contributed by atoms with Gasteiger partial charge in [0.05, 0.1) is 17.2 Å². The predicted molar refractivity (Wildman–Crippen MR) is 123 cm³/mol. The van der Waals surface area contributed by atoms with Gasteiger partial charge in [0.1, 0.15) is 18.1 Å². The van der Waals surface area contributed by atoms with Gasteiger partial charge in [-0.25, -0.2) is 0 Å². The number of nitriles is 1. The lowest BCUT2D eigenvalue weighted by Crippen LogP contribution is -2.02. The second kappa shape index (κ2) is 10.3. The molecule has 0 aromatic heterocycles. The number of hydrogen-bond acceptors (Lipinski definition) is 4. The lowest BCUT2D eigenvalue weighted by atomic mass is 10.0. The molecule has 4 heteroatoms. The zero-order valence-electron chi connectivity index (χ0n) is 17.8. The number of nitrogens with zero attached hydrogens (tertiary/aromatic N) is 1. The molecule has 4 nitrogen and oxygen atoms in total. The second-order valence-electron chi connectivity index (χ2n) is 7.35. The fraction of sp³-hybridized carbons (Fsp3) is 0.185. The molecule has 0 spiro atoms. The summed E-state index contributed by atoms with van der Waals surface area (Å²) in [5.74, 6) is 0.461. The molecule has 0 saturated heterocycles. The standard InChI is InChI=1S/C27H25NO3/c1-3-5-25-26(15-14-24(19(2)29)27(25)30)31-18-22-12-9-20(10-13-22)8-11-21-6-4-7-23(16-21)17-28/h4,6-16,30H,3,5,18H2,1-2H3. The summed E-state index contributed by atoms with van der Waals surface area (Å²) < 4.78 is 5.97. The average molecular weight is 412 g/mol. The Hall–Kier alpha value is -3.84. The number of phenolic OH excluding ortho intramolecular Hbond substituents is 1. The monoisotopic (exact) mass is 411 g/mol. The molecule has 31 heavy (non-hydrogen) atoms. The lowest BCUT2D eigenvalue weighted by molar-refractivity contribution is 0.101. The van der Waals surface area contributed by atoms with Gasteiger partial charge in [0.2, 0.25) is 0 Å². The first-order chi connectivity index (χ1) is 15.0. The number of rotatable bonds is 8. The largest absolute Gasteiger partial charge is 0.507 e. The van der Waals surface area contributed by atoms with Crippen LogP contribution in [0.15, 0.2) is 60.7 Å². The van der Waals surface area contributed by atoms with Gasteiger partial charge >= 0.3 is 0 Å². The van der Waals surface area contributed by atoms with Crippen molar-refractivity contribution >= 4 is 17.9 Å². The molecule has 3 aromatic rings. The zero-order valence-corrected chi connectivity index (χ0v) is 17.8. The van der Waals surface area contributed by atoms with Crippen LogP contribution >= 0.6 is 0 Å². The average Bonchev–Trinajstić information content (AvgIpc) is 2.78. The molecule has 0 aliphatic carbocycles. The van der Waals surface area contributed by atoms with Crippen LogP contribution in [0.5, 0.6) is 11.5 Å². The molecule has 156 valence electrons. The van der Waals surface area contributed by atoms with E-state index >= 15 is 0 Å². The fourth-order valence-corrected chi connectivity index (χ4v) is 3.32. The second-order valence-corrected chi connectivity index (χ2v) is 7.35. The molecule has 0 aliphatic heterocycles. The first-order valence-corrected chi connectivity index (χ1v) is 10.3. The van der Waals surface area contributed by atoms with Gasteiger partial charge in [-0.2, -0.15) is 5.26 Å². The number of aromatic hydroxyl groups is 1. The first-order valence-electron chi connectivity index (χ1n) is 10.3. The highest BCUT2D eigenvalue weighted by molar-refractivity contribution is 5.97. The summed E-state index contributed by atoms with van der Waals surface area (Å²) in [5, 5.41) is 19.5. The van der Waals surface area contributed by atoms with Crippen LogP contribution in [-0.4, -0.2) is 10.9 Å². The quantitative estimate of drug-likeness (QED) is 0.355. The first kappa shape index (κ1) is 21.9. The van der Waals surface area contributed by atoms with Crippen molar-refractivity contribution in [1.29, 1.82) is 5.26 Å². The summed E-state index contributed by atoms with van der Waals surface area (Å²) >= 11 is 0. The summed E-state index contributed by atoms with van der Waals surface area (Å²) in [7, 11) is 0. The summed E-state index contributed by atoms with van der Waals surface area (Å²) in [6, 6.07) is 21.0. The highest BCUT2D eigenvalue weighted by Gasteiger charge is 2.15. The Morgan fingerprint density at radius 2 is 1.81 bits per heavy atom. The number of ether oxygens (including phenoxy) is 1. The van der Waals surface area contributed by atoms with E-state index in [0.717, 1.165) is 23.1 Å². The highest BCUT2D eigenvalue weighted by atomic mass is 16.5. The molecule has 0 bridgehead atoms. The van der Waals surface area contributed by atoms with Crippen LogP contribution in [0.1, 0.15) is 58.4 Å². The molecule has 0 unspecified atom stereocenters. The molecule has 3 rings (SSSR count). The summed E-state index contributed by atoms with van der Waals surface area (Å²) in [4.78, 5) is 11.7. The van der Waals surface area contributed by atoms with Gasteiger partial charge < -0.3 is 9.84 Å². The lowest BCUT2D eigenvalue weighted by Gasteiger charge is -2.14. The molecular weight excluding hydrogens is 386 g/mol. The molecule has 0 amide bonds. The summed E-state index contributed by atoms with van der Waals surface area (Å²) in [6.07, 6.45) is 5.45. The Morgan fingerprint density at radius 3 is 2.48 bits per heavy atom. The molecule has 0 atom stereocenters.